The highest BCUT2D eigenvalue weighted by molar-refractivity contribution is 5.96. The Balaban J connectivity index is 1.60. The summed E-state index contributed by atoms with van der Waals surface area (Å²) in [5.41, 5.74) is 1.50. The van der Waals surface area contributed by atoms with E-state index in [1.54, 1.807) is 11.7 Å². The number of carbonyl (C=O) groups excluding carboxylic acids is 3. The lowest BCUT2D eigenvalue weighted by atomic mass is 9.69. The van der Waals surface area contributed by atoms with E-state index in [-0.39, 0.29) is 43.5 Å². The predicted molar refractivity (Wildman–Crippen MR) is 116 cm³/mol. The molecule has 4 rings (SSSR count). The fourth-order valence-electron chi connectivity index (χ4n) is 5.05. The van der Waals surface area contributed by atoms with Crippen LogP contribution in [0.2, 0.25) is 0 Å². The highest BCUT2D eigenvalue weighted by atomic mass is 16.3. The number of para-hydroxylation sites is 1. The average Bonchev–Trinajstić information content (AvgIpc) is 3.35. The van der Waals surface area contributed by atoms with E-state index in [4.69, 9.17) is 0 Å². The minimum atomic E-state index is -0.810. The lowest BCUT2D eigenvalue weighted by Gasteiger charge is -2.33. The number of hydrogen-bond donors (Lipinski definition) is 3. The number of aromatic nitrogens is 3. The van der Waals surface area contributed by atoms with Gasteiger partial charge in [0.1, 0.15) is 18.2 Å². The van der Waals surface area contributed by atoms with E-state index in [1.807, 2.05) is 43.3 Å². The Labute approximate surface area is 185 Å². The number of nitrogens with zero attached hydrogens (tertiary/aromatic N) is 4. The summed E-state index contributed by atoms with van der Waals surface area (Å²) in [4.78, 5) is 40.7. The van der Waals surface area contributed by atoms with Crippen LogP contribution in [-0.2, 0) is 21.1 Å². The Bertz CT molecular complexity index is 1050. The molecule has 3 amide bonds. The second-order valence-corrected chi connectivity index (χ2v) is 8.18. The Hall–Kier alpha value is -3.27. The maximum absolute atomic E-state index is 13.3. The quantitative estimate of drug-likeness (QED) is 0.516. The molecule has 5 atom stereocenters. The van der Waals surface area contributed by atoms with E-state index >= 15 is 0 Å². The Morgan fingerprint density at radius 2 is 1.97 bits per heavy atom. The van der Waals surface area contributed by atoms with Gasteiger partial charge >= 0.3 is 0 Å². The lowest BCUT2D eigenvalue weighted by Crippen LogP contribution is -2.48. The van der Waals surface area contributed by atoms with E-state index in [0.717, 1.165) is 5.52 Å². The van der Waals surface area contributed by atoms with Crippen LogP contribution in [0.3, 0.4) is 0 Å². The molecule has 3 N–H and O–H groups in total. The molecule has 32 heavy (non-hydrogen) atoms. The lowest BCUT2D eigenvalue weighted by molar-refractivity contribution is -0.141. The van der Waals surface area contributed by atoms with Gasteiger partial charge < -0.3 is 20.6 Å². The molecule has 0 saturated carbocycles. The molecule has 2 aliphatic rings. The number of amides is 3. The van der Waals surface area contributed by atoms with Crippen molar-refractivity contribution >= 4 is 28.8 Å². The molecule has 2 heterocycles. The number of carbonyl (C=O) groups is 3. The van der Waals surface area contributed by atoms with Crippen LogP contribution < -0.4 is 10.6 Å². The molecule has 1 fully saturated rings. The van der Waals surface area contributed by atoms with Crippen LogP contribution in [0.1, 0.15) is 13.3 Å². The summed E-state index contributed by atoms with van der Waals surface area (Å²) in [6.45, 7) is 1.83. The van der Waals surface area contributed by atoms with E-state index in [9.17, 15) is 19.5 Å². The summed E-state index contributed by atoms with van der Waals surface area (Å²) >= 11 is 0. The van der Waals surface area contributed by atoms with Gasteiger partial charge in [-0.15, -0.1) is 5.10 Å². The Kier molecular flexibility index (Phi) is 6.22. The van der Waals surface area contributed by atoms with Crippen molar-refractivity contribution in [1.82, 2.24) is 30.5 Å². The zero-order chi connectivity index (χ0) is 22.8. The average molecular weight is 441 g/mol. The van der Waals surface area contributed by atoms with Crippen molar-refractivity contribution in [3.05, 3.63) is 36.4 Å². The summed E-state index contributed by atoms with van der Waals surface area (Å²) in [6, 6.07) is 6.61. The monoisotopic (exact) mass is 440 g/mol. The van der Waals surface area contributed by atoms with E-state index in [2.05, 4.69) is 20.9 Å². The molecule has 0 unspecified atom stereocenters. The van der Waals surface area contributed by atoms with Crippen LogP contribution in [0.4, 0.5) is 0 Å². The number of fused-ring (bicyclic) bond motifs is 2. The standard InChI is InChI=1S/C22H28N6O4/c1-3-13-8-9-14-18(17(13)20(30)23-2)22(32)27(10-11-29)19(14)21(31)24-12-28-16-7-5-4-6-15(16)25-26-28/h4-9,13-14,17-19,29H,3,10-12H2,1-2H3,(H,23,30)(H,24,31)/t13-,14+,17-,18-,19+/m1/s1. The van der Waals surface area contributed by atoms with Gasteiger partial charge in [-0.3, -0.25) is 14.4 Å². The second-order valence-electron chi connectivity index (χ2n) is 8.18. The van der Waals surface area contributed by atoms with Gasteiger partial charge in [-0.05, 0) is 24.5 Å². The maximum atomic E-state index is 13.3. The molecule has 2 aromatic rings. The third-order valence-corrected chi connectivity index (χ3v) is 6.57. The summed E-state index contributed by atoms with van der Waals surface area (Å²) in [6.07, 6.45) is 4.55. The van der Waals surface area contributed by atoms with Crippen LogP contribution in [-0.4, -0.2) is 69.0 Å². The number of aliphatic hydroxyl groups excluding tert-OH is 1. The van der Waals surface area contributed by atoms with Crippen LogP contribution >= 0.6 is 0 Å². The Morgan fingerprint density at radius 3 is 2.69 bits per heavy atom. The fraction of sp³-hybridized carbons (Fsp3) is 0.500. The summed E-state index contributed by atoms with van der Waals surface area (Å²) in [5, 5.41) is 23.2. The normalized spacial score (nSPS) is 26.9. The van der Waals surface area contributed by atoms with Gasteiger partial charge in [0.05, 0.1) is 24.0 Å². The van der Waals surface area contributed by atoms with E-state index in [1.165, 1.54) is 4.90 Å². The van der Waals surface area contributed by atoms with E-state index < -0.39 is 23.8 Å². The van der Waals surface area contributed by atoms with Gasteiger partial charge in [-0.1, -0.05) is 36.4 Å². The Morgan fingerprint density at radius 1 is 1.19 bits per heavy atom. The molecule has 0 radical (unpaired) electrons. The smallest absolute Gasteiger partial charge is 0.244 e. The maximum Gasteiger partial charge on any atom is 0.244 e. The number of allylic oxidation sites excluding steroid dienone is 1. The number of benzene rings is 1. The third kappa shape index (κ3) is 3.64. The van der Waals surface area contributed by atoms with Gasteiger partial charge in [0.25, 0.3) is 0 Å². The number of likely N-dealkylation sites (tertiary alicyclic amines) is 1. The molecule has 10 nitrogen and oxygen atoms in total. The molecule has 170 valence electrons. The second kappa shape index (κ2) is 9.07. The highest BCUT2D eigenvalue weighted by Crippen LogP contribution is 2.44. The number of β-amino-alcohol motifs (C(OH)–C–C–N with tert-alkyl or cyclic N) is 1. The van der Waals surface area contributed by atoms with Gasteiger partial charge in [0.15, 0.2) is 0 Å². The zero-order valence-electron chi connectivity index (χ0n) is 18.1. The van der Waals surface area contributed by atoms with Gasteiger partial charge in [0, 0.05) is 19.5 Å². The topological polar surface area (TPSA) is 129 Å². The molecule has 10 heteroatoms. The van der Waals surface area contributed by atoms with Crippen molar-refractivity contribution in [2.45, 2.75) is 26.1 Å². The highest BCUT2D eigenvalue weighted by Gasteiger charge is 2.56. The van der Waals surface area contributed by atoms with Crippen LogP contribution in [0.25, 0.3) is 11.0 Å². The van der Waals surface area contributed by atoms with Crippen molar-refractivity contribution in [2.24, 2.45) is 23.7 Å². The molecule has 1 aromatic carbocycles. The van der Waals surface area contributed by atoms with Crippen molar-refractivity contribution in [3.63, 3.8) is 0 Å². The first kappa shape index (κ1) is 21.9. The summed E-state index contributed by atoms with van der Waals surface area (Å²) in [7, 11) is 1.56. The first-order valence-corrected chi connectivity index (χ1v) is 10.9. The van der Waals surface area contributed by atoms with Crippen molar-refractivity contribution < 1.29 is 19.5 Å². The first-order valence-electron chi connectivity index (χ1n) is 10.9. The molecule has 1 aliphatic carbocycles. The largest absolute Gasteiger partial charge is 0.395 e. The fourth-order valence-corrected chi connectivity index (χ4v) is 5.05. The molecule has 1 aromatic heterocycles. The van der Waals surface area contributed by atoms with Gasteiger partial charge in [0.2, 0.25) is 17.7 Å². The van der Waals surface area contributed by atoms with Gasteiger partial charge in [-0.25, -0.2) is 4.68 Å². The minimum Gasteiger partial charge on any atom is -0.395 e. The third-order valence-electron chi connectivity index (χ3n) is 6.57. The van der Waals surface area contributed by atoms with Crippen molar-refractivity contribution in [3.8, 4) is 0 Å². The molecule has 1 saturated heterocycles. The predicted octanol–water partition coefficient (Wildman–Crippen LogP) is -0.101. The van der Waals surface area contributed by atoms with Gasteiger partial charge in [-0.2, -0.15) is 0 Å². The number of aliphatic hydroxyl groups is 1. The number of hydrogen-bond acceptors (Lipinski definition) is 6. The van der Waals surface area contributed by atoms with E-state index in [0.29, 0.717) is 11.9 Å². The molecule has 0 bridgehead atoms. The summed E-state index contributed by atoms with van der Waals surface area (Å²) in [5.74, 6) is -2.55. The number of nitrogens with one attached hydrogen (secondary N) is 2. The molecular weight excluding hydrogens is 412 g/mol. The molecule has 1 aliphatic heterocycles. The SMILES string of the molecule is CC[C@@H]1C=C[C@H]2[C@@H](C(=O)N(CCO)[C@@H]2C(=O)NCn2nnc3ccccc32)[C@@H]1C(=O)NC. The first-order chi connectivity index (χ1) is 15.5. The number of rotatable bonds is 7. The zero-order valence-corrected chi connectivity index (χ0v) is 18.1. The molecule has 0 spiro atoms. The minimum absolute atomic E-state index is 0.0290. The van der Waals surface area contributed by atoms with Crippen LogP contribution in [0.15, 0.2) is 36.4 Å². The summed E-state index contributed by atoms with van der Waals surface area (Å²) < 4.78 is 1.58. The van der Waals surface area contributed by atoms with Crippen LogP contribution in [0, 0.1) is 23.7 Å². The van der Waals surface area contributed by atoms with Crippen LogP contribution in [0.5, 0.6) is 0 Å². The van der Waals surface area contributed by atoms with Crippen molar-refractivity contribution in [2.75, 3.05) is 20.2 Å². The molecular formula is C22H28N6O4. The van der Waals surface area contributed by atoms with Crippen molar-refractivity contribution in [1.29, 1.82) is 0 Å².